The number of sulfonamides is 1. The van der Waals surface area contributed by atoms with Crippen LogP contribution in [0.2, 0.25) is 0 Å². The Hall–Kier alpha value is -2.60. The van der Waals surface area contributed by atoms with Crippen LogP contribution in [0.1, 0.15) is 18.4 Å². The van der Waals surface area contributed by atoms with Crippen molar-refractivity contribution < 1.29 is 39.6 Å². The third-order valence-electron chi connectivity index (χ3n) is 6.40. The monoisotopic (exact) mass is 520 g/mol. The van der Waals surface area contributed by atoms with Crippen LogP contribution in [0, 0.1) is 23.4 Å². The number of nitrogens with zero attached hydrogens (tertiary/aromatic N) is 1. The standard InChI is InChI=1S/C23H22F6N2O3S/c1-35(33,34)30-21-19(31(11-23(21,28)29)22(32)13-7-15(25)8-13)9-12-3-2-4-16(20(12)27)17-10-14(24)5-6-18(17)26/h2-6,10,13,15,19,21,30H,7-9,11H2,1H3/t13?,15?,19-,21+/m0/s1. The molecule has 2 aromatic rings. The van der Waals surface area contributed by atoms with Gasteiger partial charge in [-0.25, -0.2) is 39.5 Å². The van der Waals surface area contributed by atoms with Gasteiger partial charge in [0.2, 0.25) is 15.9 Å². The summed E-state index contributed by atoms with van der Waals surface area (Å²) in [5.74, 6) is -8.04. The molecule has 190 valence electrons. The predicted molar refractivity (Wildman–Crippen MR) is 115 cm³/mol. The number of likely N-dealkylation sites (tertiary alicyclic amines) is 1. The molecule has 1 saturated heterocycles. The molecule has 2 aliphatic rings. The van der Waals surface area contributed by atoms with Crippen LogP contribution in [-0.4, -0.2) is 56.2 Å². The second kappa shape index (κ2) is 9.12. The third-order valence-corrected chi connectivity index (χ3v) is 7.08. The summed E-state index contributed by atoms with van der Waals surface area (Å²) in [5.41, 5.74) is -0.915. The summed E-state index contributed by atoms with van der Waals surface area (Å²) < 4.78 is 112. The number of benzene rings is 2. The maximum absolute atomic E-state index is 15.4. The maximum Gasteiger partial charge on any atom is 0.283 e. The summed E-state index contributed by atoms with van der Waals surface area (Å²) in [6.45, 7) is -1.13. The van der Waals surface area contributed by atoms with Gasteiger partial charge >= 0.3 is 0 Å². The van der Waals surface area contributed by atoms with Crippen LogP contribution in [0.3, 0.4) is 0 Å². The van der Waals surface area contributed by atoms with Crippen molar-refractivity contribution in [1.29, 1.82) is 0 Å². The number of carbonyl (C=O) groups is 1. The van der Waals surface area contributed by atoms with Gasteiger partial charge in [0.15, 0.2) is 0 Å². The molecular weight excluding hydrogens is 498 g/mol. The zero-order chi connectivity index (χ0) is 25.7. The minimum atomic E-state index is -4.16. The summed E-state index contributed by atoms with van der Waals surface area (Å²) in [6, 6.07) is 2.61. The number of carbonyl (C=O) groups excluding carboxylic acids is 1. The lowest BCUT2D eigenvalue weighted by atomic mass is 9.82. The van der Waals surface area contributed by atoms with Crippen LogP contribution in [-0.2, 0) is 21.2 Å². The molecule has 35 heavy (non-hydrogen) atoms. The van der Waals surface area contributed by atoms with E-state index in [-0.39, 0.29) is 29.5 Å². The first-order valence-corrected chi connectivity index (χ1v) is 12.7. The molecule has 1 N–H and O–H groups in total. The van der Waals surface area contributed by atoms with Crippen LogP contribution in [0.4, 0.5) is 26.3 Å². The molecule has 4 rings (SSSR count). The molecule has 2 fully saturated rings. The van der Waals surface area contributed by atoms with Crippen molar-refractivity contribution in [2.45, 2.75) is 43.4 Å². The van der Waals surface area contributed by atoms with Crippen molar-refractivity contribution in [3.63, 3.8) is 0 Å². The van der Waals surface area contributed by atoms with E-state index in [2.05, 4.69) is 0 Å². The van der Waals surface area contributed by atoms with Gasteiger partial charge in [-0.1, -0.05) is 18.2 Å². The number of hydrogen-bond acceptors (Lipinski definition) is 3. The highest BCUT2D eigenvalue weighted by Gasteiger charge is 2.58. The number of alkyl halides is 3. The van der Waals surface area contributed by atoms with Gasteiger partial charge in [0.25, 0.3) is 5.92 Å². The molecule has 0 aromatic heterocycles. The van der Waals surface area contributed by atoms with E-state index in [0.717, 1.165) is 23.1 Å². The lowest BCUT2D eigenvalue weighted by Gasteiger charge is -2.35. The lowest BCUT2D eigenvalue weighted by molar-refractivity contribution is -0.142. The molecule has 0 spiro atoms. The molecule has 12 heteroatoms. The molecule has 1 heterocycles. The molecule has 1 amide bonds. The minimum Gasteiger partial charge on any atom is -0.331 e. The average molecular weight is 520 g/mol. The Balaban J connectivity index is 1.73. The summed E-state index contributed by atoms with van der Waals surface area (Å²) >= 11 is 0. The molecule has 1 saturated carbocycles. The third kappa shape index (κ3) is 5.18. The van der Waals surface area contributed by atoms with E-state index >= 15 is 4.39 Å². The quantitative estimate of drug-likeness (QED) is 0.589. The van der Waals surface area contributed by atoms with Gasteiger partial charge in [-0.15, -0.1) is 0 Å². The average Bonchev–Trinajstić information content (AvgIpc) is 2.97. The zero-order valence-corrected chi connectivity index (χ0v) is 19.3. The van der Waals surface area contributed by atoms with E-state index in [9.17, 15) is 35.2 Å². The van der Waals surface area contributed by atoms with Crippen molar-refractivity contribution in [1.82, 2.24) is 9.62 Å². The first-order chi connectivity index (χ1) is 16.3. The topological polar surface area (TPSA) is 66.5 Å². The summed E-state index contributed by atoms with van der Waals surface area (Å²) in [7, 11) is -4.16. The minimum absolute atomic E-state index is 0.138. The van der Waals surface area contributed by atoms with Crippen LogP contribution in [0.25, 0.3) is 11.1 Å². The van der Waals surface area contributed by atoms with E-state index in [1.54, 1.807) is 0 Å². The molecule has 1 aliphatic carbocycles. The predicted octanol–water partition coefficient (Wildman–Crippen LogP) is 3.83. The number of hydrogen-bond donors (Lipinski definition) is 1. The fourth-order valence-electron chi connectivity index (χ4n) is 4.63. The maximum atomic E-state index is 15.4. The van der Waals surface area contributed by atoms with Gasteiger partial charge in [-0.2, -0.15) is 0 Å². The van der Waals surface area contributed by atoms with Gasteiger partial charge < -0.3 is 4.90 Å². The first-order valence-electron chi connectivity index (χ1n) is 10.8. The van der Waals surface area contributed by atoms with E-state index < -0.39 is 76.4 Å². The van der Waals surface area contributed by atoms with Crippen molar-refractivity contribution >= 4 is 15.9 Å². The van der Waals surface area contributed by atoms with E-state index in [4.69, 9.17) is 0 Å². The second-order valence-corrected chi connectivity index (χ2v) is 10.8. The van der Waals surface area contributed by atoms with Gasteiger partial charge in [-0.05, 0) is 43.0 Å². The van der Waals surface area contributed by atoms with Crippen LogP contribution < -0.4 is 4.72 Å². The molecule has 2 atom stereocenters. The van der Waals surface area contributed by atoms with Crippen LogP contribution in [0.15, 0.2) is 36.4 Å². The molecular formula is C23H22F6N2O3S. The van der Waals surface area contributed by atoms with E-state index in [1.165, 1.54) is 18.2 Å². The molecule has 0 bridgehead atoms. The van der Waals surface area contributed by atoms with Gasteiger partial charge in [0, 0.05) is 17.0 Å². The Labute approximate surface area is 198 Å². The normalized spacial score (nSPS) is 26.0. The van der Waals surface area contributed by atoms with Gasteiger partial charge in [0.1, 0.15) is 29.7 Å². The number of nitrogens with one attached hydrogen (secondary N) is 1. The fourth-order valence-corrected chi connectivity index (χ4v) is 5.42. The van der Waals surface area contributed by atoms with E-state index in [1.807, 2.05) is 4.72 Å². The van der Waals surface area contributed by atoms with Gasteiger partial charge in [-0.3, -0.25) is 4.79 Å². The Kier molecular flexibility index (Phi) is 6.64. The second-order valence-electron chi connectivity index (χ2n) is 9.03. The molecule has 0 radical (unpaired) electrons. The number of amides is 1. The highest BCUT2D eigenvalue weighted by Crippen LogP contribution is 2.40. The lowest BCUT2D eigenvalue weighted by Crippen LogP contribution is -2.53. The zero-order valence-electron chi connectivity index (χ0n) is 18.4. The van der Waals surface area contributed by atoms with Crippen LogP contribution >= 0.6 is 0 Å². The highest BCUT2D eigenvalue weighted by molar-refractivity contribution is 7.88. The summed E-state index contributed by atoms with van der Waals surface area (Å²) in [6.07, 6.45) is -1.37. The Morgan fingerprint density at radius 3 is 2.43 bits per heavy atom. The molecule has 5 nitrogen and oxygen atoms in total. The summed E-state index contributed by atoms with van der Waals surface area (Å²) in [4.78, 5) is 13.7. The Bertz CT molecular complexity index is 1250. The SMILES string of the molecule is CS(=O)(=O)N[C@@H]1[C@H](Cc2cccc(-c3cc(F)ccc3F)c2F)N(C(=O)C2CC(F)C2)CC1(F)F. The van der Waals surface area contributed by atoms with Crippen LogP contribution in [0.5, 0.6) is 0 Å². The number of halogens is 6. The van der Waals surface area contributed by atoms with Crippen molar-refractivity contribution in [2.24, 2.45) is 5.92 Å². The van der Waals surface area contributed by atoms with E-state index in [0.29, 0.717) is 6.26 Å². The molecule has 0 unspecified atom stereocenters. The Morgan fingerprint density at radius 1 is 1.11 bits per heavy atom. The van der Waals surface area contributed by atoms with Crippen molar-refractivity contribution in [2.75, 3.05) is 12.8 Å². The molecule has 1 aliphatic heterocycles. The first kappa shape index (κ1) is 25.5. The largest absolute Gasteiger partial charge is 0.331 e. The Morgan fingerprint density at radius 2 is 1.80 bits per heavy atom. The van der Waals surface area contributed by atoms with Crippen molar-refractivity contribution in [3.8, 4) is 11.1 Å². The molecule has 2 aromatic carbocycles. The van der Waals surface area contributed by atoms with Gasteiger partial charge in [0.05, 0.1) is 18.8 Å². The highest BCUT2D eigenvalue weighted by atomic mass is 32.2. The van der Waals surface area contributed by atoms with Crippen molar-refractivity contribution in [3.05, 3.63) is 59.4 Å². The number of rotatable bonds is 6. The fraction of sp³-hybridized carbons (Fsp3) is 0.435. The smallest absolute Gasteiger partial charge is 0.283 e. The summed E-state index contributed by atoms with van der Waals surface area (Å²) in [5, 5.41) is 0.